The second kappa shape index (κ2) is 15.5. The Morgan fingerprint density at radius 2 is 1.59 bits per heavy atom. The summed E-state index contributed by atoms with van der Waals surface area (Å²) in [5, 5.41) is 15.6. The largest absolute Gasteiger partial charge is 0.508 e. The van der Waals surface area contributed by atoms with Gasteiger partial charge in [-0.1, -0.05) is 56.5 Å². The minimum atomic E-state index is -0.999. The average Bonchev–Trinajstić information content (AvgIpc) is 2.86. The highest BCUT2D eigenvalue weighted by Crippen LogP contribution is 2.26. The molecule has 0 radical (unpaired) electrons. The first kappa shape index (κ1) is 33.7. The third-order valence-corrected chi connectivity index (χ3v) is 6.74. The standard InChI is InChI=1S/C33H49N3O5/c1-9-10-11-12-19-36(29(30(38)34-22(2)3)26-16-13-23(4)24(5)20-26)31(39)28(35-32(40)41-33(6,7)8)21-25-14-17-27(37)18-15-25/h13-18,20,22,28-29,37H,9-12,19,21H2,1-8H3,(H,34,38)(H,35,40). The van der Waals surface area contributed by atoms with Gasteiger partial charge in [0, 0.05) is 19.0 Å². The number of amides is 3. The minimum Gasteiger partial charge on any atom is -0.508 e. The number of rotatable bonds is 13. The molecule has 3 N–H and O–H groups in total. The van der Waals surface area contributed by atoms with Gasteiger partial charge in [0.15, 0.2) is 0 Å². The summed E-state index contributed by atoms with van der Waals surface area (Å²) in [7, 11) is 0. The number of phenols is 1. The molecule has 0 aliphatic rings. The summed E-state index contributed by atoms with van der Waals surface area (Å²) >= 11 is 0. The molecule has 0 aliphatic carbocycles. The molecule has 0 saturated heterocycles. The van der Waals surface area contributed by atoms with Crippen LogP contribution in [0.3, 0.4) is 0 Å². The highest BCUT2D eigenvalue weighted by atomic mass is 16.6. The maximum Gasteiger partial charge on any atom is 0.408 e. The van der Waals surface area contributed by atoms with Crippen LogP contribution in [0.25, 0.3) is 0 Å². The van der Waals surface area contributed by atoms with E-state index in [-0.39, 0.29) is 30.0 Å². The highest BCUT2D eigenvalue weighted by molar-refractivity contribution is 5.92. The average molecular weight is 568 g/mol. The van der Waals surface area contributed by atoms with Gasteiger partial charge in [-0.25, -0.2) is 4.79 Å². The van der Waals surface area contributed by atoms with Crippen LogP contribution in [0.5, 0.6) is 5.75 Å². The molecule has 0 aliphatic heterocycles. The molecule has 2 aromatic carbocycles. The summed E-state index contributed by atoms with van der Waals surface area (Å²) < 4.78 is 5.50. The monoisotopic (exact) mass is 567 g/mol. The summed E-state index contributed by atoms with van der Waals surface area (Å²) in [6.45, 7) is 15.5. The van der Waals surface area contributed by atoms with Crippen molar-refractivity contribution in [1.29, 1.82) is 0 Å². The molecule has 2 unspecified atom stereocenters. The third-order valence-electron chi connectivity index (χ3n) is 6.74. The van der Waals surface area contributed by atoms with Crippen molar-refractivity contribution in [1.82, 2.24) is 15.5 Å². The van der Waals surface area contributed by atoms with Gasteiger partial charge in [-0.05, 0) is 89.3 Å². The first-order valence-corrected chi connectivity index (χ1v) is 14.7. The Balaban J connectivity index is 2.59. The predicted octanol–water partition coefficient (Wildman–Crippen LogP) is 6.12. The van der Waals surface area contributed by atoms with Crippen molar-refractivity contribution in [3.63, 3.8) is 0 Å². The van der Waals surface area contributed by atoms with Gasteiger partial charge >= 0.3 is 6.09 Å². The van der Waals surface area contributed by atoms with E-state index in [9.17, 15) is 19.5 Å². The van der Waals surface area contributed by atoms with Crippen molar-refractivity contribution in [3.05, 3.63) is 64.7 Å². The van der Waals surface area contributed by atoms with Gasteiger partial charge in [0.2, 0.25) is 11.8 Å². The van der Waals surface area contributed by atoms with Gasteiger partial charge in [0.1, 0.15) is 23.4 Å². The van der Waals surface area contributed by atoms with Crippen LogP contribution in [-0.2, 0) is 20.7 Å². The lowest BCUT2D eigenvalue weighted by Gasteiger charge is -2.35. The number of hydrogen-bond acceptors (Lipinski definition) is 5. The molecule has 8 heteroatoms. The number of phenolic OH excluding ortho intramolecular Hbond substituents is 1. The number of unbranched alkanes of at least 4 members (excludes halogenated alkanes) is 3. The smallest absolute Gasteiger partial charge is 0.408 e. The van der Waals surface area contributed by atoms with E-state index >= 15 is 0 Å². The molecule has 3 amide bonds. The van der Waals surface area contributed by atoms with Crippen molar-refractivity contribution < 1.29 is 24.2 Å². The predicted molar refractivity (Wildman–Crippen MR) is 163 cm³/mol. The normalized spacial score (nSPS) is 12.9. The van der Waals surface area contributed by atoms with E-state index in [2.05, 4.69) is 17.6 Å². The highest BCUT2D eigenvalue weighted by Gasteiger charge is 2.36. The molecule has 226 valence electrons. The zero-order valence-corrected chi connectivity index (χ0v) is 26.0. The molecular formula is C33H49N3O5. The summed E-state index contributed by atoms with van der Waals surface area (Å²) in [5.41, 5.74) is 2.83. The molecule has 41 heavy (non-hydrogen) atoms. The lowest BCUT2D eigenvalue weighted by molar-refractivity contribution is -0.142. The molecular weight excluding hydrogens is 518 g/mol. The Bertz CT molecular complexity index is 1150. The number of carbonyl (C=O) groups excluding carboxylic acids is 3. The molecule has 0 heterocycles. The van der Waals surface area contributed by atoms with Gasteiger partial charge < -0.3 is 25.4 Å². The van der Waals surface area contributed by atoms with E-state index in [4.69, 9.17) is 4.74 Å². The molecule has 0 fully saturated rings. The Kier molecular flexibility index (Phi) is 12.7. The minimum absolute atomic E-state index is 0.106. The van der Waals surface area contributed by atoms with Crippen molar-refractivity contribution in [2.75, 3.05) is 6.54 Å². The fourth-order valence-corrected chi connectivity index (χ4v) is 4.56. The Morgan fingerprint density at radius 1 is 0.927 bits per heavy atom. The fraction of sp³-hybridized carbons (Fsp3) is 0.545. The number of alkyl carbamates (subject to hydrolysis) is 1. The molecule has 8 nitrogen and oxygen atoms in total. The molecule has 0 saturated carbocycles. The molecule has 2 rings (SSSR count). The zero-order chi connectivity index (χ0) is 30.7. The number of carbonyl (C=O) groups is 3. The topological polar surface area (TPSA) is 108 Å². The number of nitrogens with zero attached hydrogens (tertiary/aromatic N) is 1. The van der Waals surface area contributed by atoms with Crippen molar-refractivity contribution >= 4 is 17.9 Å². The van der Waals surface area contributed by atoms with E-state index in [1.807, 2.05) is 45.9 Å². The van der Waals surface area contributed by atoms with Crippen LogP contribution in [-0.4, -0.2) is 52.1 Å². The molecule has 0 spiro atoms. The van der Waals surface area contributed by atoms with Gasteiger partial charge in [-0.2, -0.15) is 0 Å². The summed E-state index contributed by atoms with van der Waals surface area (Å²) in [5.74, 6) is -0.537. The second-order valence-electron chi connectivity index (χ2n) is 12.1. The number of benzene rings is 2. The van der Waals surface area contributed by atoms with Crippen LogP contribution in [0.1, 0.15) is 95.5 Å². The van der Waals surface area contributed by atoms with Crippen LogP contribution in [0.4, 0.5) is 4.79 Å². The molecule has 2 aromatic rings. The summed E-state index contributed by atoms with van der Waals surface area (Å²) in [6, 6.07) is 10.3. The molecule has 0 bridgehead atoms. The van der Waals surface area contributed by atoms with Gasteiger partial charge in [-0.3, -0.25) is 9.59 Å². The lowest BCUT2D eigenvalue weighted by Crippen LogP contribution is -2.54. The van der Waals surface area contributed by atoms with Gasteiger partial charge in [0.05, 0.1) is 0 Å². The number of aromatic hydroxyl groups is 1. The summed E-state index contributed by atoms with van der Waals surface area (Å²) in [6.07, 6.45) is 3.13. The van der Waals surface area contributed by atoms with Crippen molar-refractivity contribution in [2.45, 2.75) is 111 Å². The summed E-state index contributed by atoms with van der Waals surface area (Å²) in [4.78, 5) is 42.8. The van der Waals surface area contributed by atoms with Crippen LogP contribution >= 0.6 is 0 Å². The quantitative estimate of drug-likeness (QED) is 0.253. The van der Waals surface area contributed by atoms with E-state index < -0.39 is 23.8 Å². The number of nitrogens with one attached hydrogen (secondary N) is 2. The van der Waals surface area contributed by atoms with Crippen LogP contribution in [0.15, 0.2) is 42.5 Å². The second-order valence-corrected chi connectivity index (χ2v) is 12.1. The van der Waals surface area contributed by atoms with E-state index in [1.165, 1.54) is 0 Å². The first-order valence-electron chi connectivity index (χ1n) is 14.7. The lowest BCUT2D eigenvalue weighted by atomic mass is 9.97. The van der Waals surface area contributed by atoms with E-state index in [0.29, 0.717) is 13.0 Å². The zero-order valence-electron chi connectivity index (χ0n) is 26.0. The fourth-order valence-electron chi connectivity index (χ4n) is 4.56. The number of hydrogen-bond donors (Lipinski definition) is 3. The number of ether oxygens (including phenoxy) is 1. The van der Waals surface area contributed by atoms with Crippen molar-refractivity contribution in [3.8, 4) is 5.75 Å². The maximum atomic E-state index is 14.5. The van der Waals surface area contributed by atoms with Crippen LogP contribution < -0.4 is 10.6 Å². The van der Waals surface area contributed by atoms with Crippen LogP contribution in [0, 0.1) is 13.8 Å². The third kappa shape index (κ3) is 11.1. The Morgan fingerprint density at radius 3 is 2.15 bits per heavy atom. The van der Waals surface area contributed by atoms with E-state index in [0.717, 1.165) is 41.5 Å². The molecule has 2 atom stereocenters. The molecule has 0 aromatic heterocycles. The van der Waals surface area contributed by atoms with E-state index in [1.54, 1.807) is 49.9 Å². The SMILES string of the molecule is CCCCCCN(C(=O)C(Cc1ccc(O)cc1)NC(=O)OC(C)(C)C)C(C(=O)NC(C)C)c1ccc(C)c(C)c1. The maximum absolute atomic E-state index is 14.5. The first-order chi connectivity index (χ1) is 19.2. The van der Waals surface area contributed by atoms with Gasteiger partial charge in [-0.15, -0.1) is 0 Å². The van der Waals surface area contributed by atoms with Gasteiger partial charge in [0.25, 0.3) is 0 Å². The number of aryl methyl sites for hydroxylation is 2. The Hall–Kier alpha value is -3.55. The van der Waals surface area contributed by atoms with Crippen molar-refractivity contribution in [2.24, 2.45) is 0 Å². The Labute approximate surface area is 245 Å². The van der Waals surface area contributed by atoms with Crippen LogP contribution in [0.2, 0.25) is 0 Å².